The monoisotopic (exact) mass is 490 g/mol. The fourth-order valence-corrected chi connectivity index (χ4v) is 5.01. The highest BCUT2D eigenvalue weighted by atomic mass is 16.6. The molecule has 1 unspecified atom stereocenters. The van der Waals surface area contributed by atoms with E-state index in [4.69, 9.17) is 4.74 Å². The van der Waals surface area contributed by atoms with E-state index >= 15 is 0 Å². The van der Waals surface area contributed by atoms with Crippen LogP contribution in [0.1, 0.15) is 50.8 Å². The molecule has 1 amide bonds. The third-order valence-electron chi connectivity index (χ3n) is 6.81. The lowest BCUT2D eigenvalue weighted by Crippen LogP contribution is -2.51. The number of carbonyl (C=O) groups excluding carboxylic acids is 1. The van der Waals surface area contributed by atoms with E-state index in [0.717, 1.165) is 22.3 Å². The Kier molecular flexibility index (Phi) is 7.33. The quantitative estimate of drug-likeness (QED) is 0.486. The van der Waals surface area contributed by atoms with Gasteiger partial charge >= 0.3 is 6.09 Å². The van der Waals surface area contributed by atoms with Crippen LogP contribution in [0.2, 0.25) is 0 Å². The molecular weight excluding hydrogens is 456 g/mol. The normalized spacial score (nSPS) is 19.1. The van der Waals surface area contributed by atoms with Crippen LogP contribution in [0.15, 0.2) is 77.7 Å². The average Bonchev–Trinajstić information content (AvgIpc) is 2.85. The summed E-state index contributed by atoms with van der Waals surface area (Å²) in [5.74, 6) is 0. The molecule has 1 fully saturated rings. The van der Waals surface area contributed by atoms with Crippen molar-refractivity contribution in [1.29, 1.82) is 0 Å². The Hall–Kier alpha value is -3.42. The van der Waals surface area contributed by atoms with Crippen LogP contribution in [0.25, 0.3) is 11.1 Å². The highest BCUT2D eigenvalue weighted by Gasteiger charge is 2.46. The van der Waals surface area contributed by atoms with Gasteiger partial charge in [0.05, 0.1) is 18.2 Å². The first-order valence-electron chi connectivity index (χ1n) is 12.3. The number of ether oxygens (including phenoxy) is 1. The van der Waals surface area contributed by atoms with Gasteiger partial charge in [0.25, 0.3) is 5.56 Å². The first-order valence-corrected chi connectivity index (χ1v) is 12.3. The molecule has 7 nitrogen and oxygen atoms in total. The number of aliphatic hydroxyl groups is 2. The molecule has 0 bridgehead atoms. The van der Waals surface area contributed by atoms with Gasteiger partial charge in [0.1, 0.15) is 5.60 Å². The molecule has 2 N–H and O–H groups in total. The van der Waals surface area contributed by atoms with Gasteiger partial charge in [-0.3, -0.25) is 4.79 Å². The Morgan fingerprint density at radius 3 is 2.28 bits per heavy atom. The van der Waals surface area contributed by atoms with Crippen molar-refractivity contribution >= 4 is 6.09 Å². The van der Waals surface area contributed by atoms with Crippen molar-refractivity contribution < 1.29 is 19.7 Å². The summed E-state index contributed by atoms with van der Waals surface area (Å²) in [6.45, 7) is 6.09. The summed E-state index contributed by atoms with van der Waals surface area (Å²) in [5.41, 5.74) is 1.63. The smallest absolute Gasteiger partial charge is 0.411 e. The van der Waals surface area contributed by atoms with Crippen LogP contribution in [0.5, 0.6) is 0 Å². The molecule has 1 aliphatic rings. The minimum absolute atomic E-state index is 0.104. The molecule has 4 rings (SSSR count). The number of aromatic nitrogens is 1. The summed E-state index contributed by atoms with van der Waals surface area (Å²) in [6.07, 6.45) is 2.22. The summed E-state index contributed by atoms with van der Waals surface area (Å²) >= 11 is 0. The summed E-state index contributed by atoms with van der Waals surface area (Å²) in [7, 11) is 0. The molecule has 2 atom stereocenters. The molecule has 1 aliphatic heterocycles. The molecule has 190 valence electrons. The first kappa shape index (κ1) is 25.7. The summed E-state index contributed by atoms with van der Waals surface area (Å²) < 4.78 is 7.59. The number of hydrogen-bond acceptors (Lipinski definition) is 5. The van der Waals surface area contributed by atoms with Crippen molar-refractivity contribution in [2.45, 2.75) is 57.4 Å². The van der Waals surface area contributed by atoms with Crippen LogP contribution in [0.4, 0.5) is 4.79 Å². The zero-order valence-electron chi connectivity index (χ0n) is 21.1. The van der Waals surface area contributed by atoms with Gasteiger partial charge in [0.2, 0.25) is 0 Å². The molecule has 2 aromatic carbocycles. The van der Waals surface area contributed by atoms with Gasteiger partial charge < -0.3 is 24.4 Å². The molecule has 2 heterocycles. The highest BCUT2D eigenvalue weighted by Crippen LogP contribution is 2.42. The van der Waals surface area contributed by atoms with E-state index < -0.39 is 17.3 Å². The van der Waals surface area contributed by atoms with E-state index in [9.17, 15) is 19.8 Å². The number of cyclic esters (lactones) is 1. The molecule has 0 spiro atoms. The van der Waals surface area contributed by atoms with Crippen molar-refractivity contribution in [2.75, 3.05) is 13.2 Å². The van der Waals surface area contributed by atoms with E-state index in [2.05, 4.69) is 0 Å². The molecular formula is C29H34N2O5. The summed E-state index contributed by atoms with van der Waals surface area (Å²) in [4.78, 5) is 26.9. The van der Waals surface area contributed by atoms with Crippen LogP contribution in [0.3, 0.4) is 0 Å². The second-order valence-electron chi connectivity index (χ2n) is 10.1. The Morgan fingerprint density at radius 1 is 1.00 bits per heavy atom. The average molecular weight is 491 g/mol. The lowest BCUT2D eigenvalue weighted by molar-refractivity contribution is -0.101. The number of rotatable bonds is 8. The number of hydrogen-bond donors (Lipinski definition) is 2. The van der Waals surface area contributed by atoms with E-state index in [0.29, 0.717) is 19.4 Å². The maximum atomic E-state index is 13.3. The topological polar surface area (TPSA) is 92.0 Å². The highest BCUT2D eigenvalue weighted by molar-refractivity contribution is 5.70. The van der Waals surface area contributed by atoms with E-state index in [-0.39, 0.29) is 24.8 Å². The van der Waals surface area contributed by atoms with Gasteiger partial charge in [-0.05, 0) is 49.1 Å². The zero-order valence-corrected chi connectivity index (χ0v) is 21.1. The predicted molar refractivity (Wildman–Crippen MR) is 138 cm³/mol. The Balaban J connectivity index is 1.53. The third-order valence-corrected chi connectivity index (χ3v) is 6.81. The Bertz CT molecular complexity index is 1250. The predicted octanol–water partition coefficient (Wildman–Crippen LogP) is 4.47. The van der Waals surface area contributed by atoms with E-state index in [1.54, 1.807) is 31.0 Å². The van der Waals surface area contributed by atoms with Gasteiger partial charge in [-0.25, -0.2) is 4.79 Å². The standard InChI is InChI=1S/C29H34N2O5/c1-21(22-9-11-23(12-10-22)24-13-14-26(33)30(19-24)17-18-32)31-16-15-29(36-27(31)34,20-28(2,3)35)25-7-5-4-6-8-25/h4-14,19,21,32,35H,15-18,20H2,1-3H3/t21-,29?/m0/s1. The van der Waals surface area contributed by atoms with Crippen molar-refractivity contribution in [2.24, 2.45) is 0 Å². The van der Waals surface area contributed by atoms with Gasteiger partial charge in [-0.15, -0.1) is 0 Å². The van der Waals surface area contributed by atoms with Crippen LogP contribution in [-0.2, 0) is 16.9 Å². The van der Waals surface area contributed by atoms with Crippen LogP contribution in [-0.4, -0.2) is 44.5 Å². The largest absolute Gasteiger partial charge is 0.438 e. The fourth-order valence-electron chi connectivity index (χ4n) is 5.01. The van der Waals surface area contributed by atoms with Gasteiger partial charge in [0, 0.05) is 38.2 Å². The Morgan fingerprint density at radius 2 is 1.67 bits per heavy atom. The molecule has 7 heteroatoms. The lowest BCUT2D eigenvalue weighted by atomic mass is 9.80. The molecule has 0 saturated carbocycles. The van der Waals surface area contributed by atoms with Crippen LogP contribution in [0, 0.1) is 0 Å². The van der Waals surface area contributed by atoms with E-state index in [1.807, 2.05) is 61.5 Å². The minimum atomic E-state index is -1.00. The van der Waals surface area contributed by atoms with Gasteiger partial charge in [-0.2, -0.15) is 0 Å². The number of pyridine rings is 1. The lowest BCUT2D eigenvalue weighted by Gasteiger charge is -2.45. The molecule has 1 saturated heterocycles. The van der Waals surface area contributed by atoms with Crippen molar-refractivity contribution in [1.82, 2.24) is 9.47 Å². The maximum Gasteiger partial charge on any atom is 0.411 e. The molecule has 3 aromatic rings. The number of benzene rings is 2. The Labute approximate surface area is 211 Å². The molecule has 1 aromatic heterocycles. The summed E-state index contributed by atoms with van der Waals surface area (Å²) in [6, 6.07) is 20.6. The maximum absolute atomic E-state index is 13.3. The summed E-state index contributed by atoms with van der Waals surface area (Å²) in [5, 5.41) is 19.8. The molecule has 0 aliphatic carbocycles. The van der Waals surface area contributed by atoms with Gasteiger partial charge in [-0.1, -0.05) is 54.6 Å². The third kappa shape index (κ3) is 5.53. The second kappa shape index (κ2) is 10.3. The SMILES string of the molecule is C[C@@H](c1ccc(-c2ccc(=O)n(CCO)c2)cc1)N1CCC(CC(C)(C)O)(c2ccccc2)OC1=O. The van der Waals surface area contributed by atoms with Crippen LogP contribution >= 0.6 is 0 Å². The van der Waals surface area contributed by atoms with Crippen molar-refractivity contribution in [3.05, 3.63) is 94.4 Å². The number of nitrogens with zero attached hydrogens (tertiary/aromatic N) is 2. The van der Waals surface area contributed by atoms with Crippen molar-refractivity contribution in [3.63, 3.8) is 0 Å². The second-order valence-corrected chi connectivity index (χ2v) is 10.1. The number of aliphatic hydroxyl groups excluding tert-OH is 1. The number of amides is 1. The van der Waals surface area contributed by atoms with Crippen molar-refractivity contribution in [3.8, 4) is 11.1 Å². The zero-order chi connectivity index (χ0) is 25.9. The van der Waals surface area contributed by atoms with E-state index in [1.165, 1.54) is 10.6 Å². The first-order chi connectivity index (χ1) is 17.1. The molecule has 36 heavy (non-hydrogen) atoms. The van der Waals surface area contributed by atoms with Crippen LogP contribution < -0.4 is 5.56 Å². The minimum Gasteiger partial charge on any atom is -0.438 e. The molecule has 0 radical (unpaired) electrons. The fraction of sp³-hybridized carbons (Fsp3) is 0.379. The number of carbonyl (C=O) groups is 1. The van der Waals surface area contributed by atoms with Gasteiger partial charge in [0.15, 0.2) is 0 Å².